The van der Waals surface area contributed by atoms with Gasteiger partial charge >= 0.3 is 5.97 Å². The number of pyridine rings is 1. The summed E-state index contributed by atoms with van der Waals surface area (Å²) in [6.45, 7) is 0. The van der Waals surface area contributed by atoms with Crippen LogP contribution in [0.1, 0.15) is 22.6 Å². The molecule has 1 aromatic heterocycles. The second kappa shape index (κ2) is 4.36. The molecule has 74 valence electrons. The van der Waals surface area contributed by atoms with Gasteiger partial charge in [-0.25, -0.2) is 4.98 Å². The Hall–Kier alpha value is -1.91. The molecule has 0 aromatic carbocycles. The Kier molecular flexibility index (Phi) is 3.17. The van der Waals surface area contributed by atoms with Gasteiger partial charge < -0.3 is 10.2 Å². The van der Waals surface area contributed by atoms with Crippen LogP contribution in [0.2, 0.25) is 0 Å². The topological polar surface area (TPSA) is 87.5 Å². The predicted octanol–water partition coefficient (Wildman–Crippen LogP) is 0.617. The maximum Gasteiger partial charge on any atom is 0.303 e. The largest absolute Gasteiger partial charge is 0.506 e. The number of aryl methyl sites for hydroxylation is 1. The summed E-state index contributed by atoms with van der Waals surface area (Å²) in [7, 11) is 0. The standard InChI is InChI=1S/C9H9NO4/c11-5-6-1-3-8(12)7(10-6)2-4-9(13)14/h1,3,5,12H,2,4H2,(H,13,14). The lowest BCUT2D eigenvalue weighted by molar-refractivity contribution is -0.136. The maximum absolute atomic E-state index is 10.3. The van der Waals surface area contributed by atoms with Gasteiger partial charge in [0.15, 0.2) is 6.29 Å². The lowest BCUT2D eigenvalue weighted by Gasteiger charge is -2.01. The first-order chi connectivity index (χ1) is 6.63. The van der Waals surface area contributed by atoms with E-state index in [1.807, 2.05) is 0 Å². The van der Waals surface area contributed by atoms with Gasteiger partial charge in [0.05, 0.1) is 12.1 Å². The molecule has 0 saturated carbocycles. The highest BCUT2D eigenvalue weighted by molar-refractivity contribution is 5.72. The Labute approximate surface area is 80.0 Å². The molecule has 0 saturated heterocycles. The van der Waals surface area contributed by atoms with Gasteiger partial charge in [-0.2, -0.15) is 0 Å². The van der Waals surface area contributed by atoms with E-state index in [1.165, 1.54) is 12.1 Å². The van der Waals surface area contributed by atoms with Gasteiger partial charge in [0.25, 0.3) is 0 Å². The highest BCUT2D eigenvalue weighted by atomic mass is 16.4. The third-order valence-corrected chi connectivity index (χ3v) is 1.67. The van der Waals surface area contributed by atoms with Crippen molar-refractivity contribution in [2.75, 3.05) is 0 Å². The van der Waals surface area contributed by atoms with Gasteiger partial charge in [-0.1, -0.05) is 0 Å². The minimum Gasteiger partial charge on any atom is -0.506 e. The lowest BCUT2D eigenvalue weighted by Crippen LogP contribution is -2.01. The van der Waals surface area contributed by atoms with E-state index in [-0.39, 0.29) is 30.0 Å². The number of aliphatic carboxylic acids is 1. The molecular weight excluding hydrogens is 186 g/mol. The zero-order chi connectivity index (χ0) is 10.6. The van der Waals surface area contributed by atoms with Crippen LogP contribution in [0, 0.1) is 0 Å². The van der Waals surface area contributed by atoms with Crippen molar-refractivity contribution in [3.63, 3.8) is 0 Å². The smallest absolute Gasteiger partial charge is 0.303 e. The molecule has 1 heterocycles. The Balaban J connectivity index is 2.83. The fourth-order valence-corrected chi connectivity index (χ4v) is 0.986. The molecule has 1 rings (SSSR count). The van der Waals surface area contributed by atoms with Crippen molar-refractivity contribution in [1.82, 2.24) is 4.98 Å². The van der Waals surface area contributed by atoms with Gasteiger partial charge in [-0.3, -0.25) is 9.59 Å². The molecule has 1 aromatic rings. The molecule has 0 bridgehead atoms. The van der Waals surface area contributed by atoms with E-state index in [1.54, 1.807) is 0 Å². The molecule has 0 aliphatic carbocycles. The van der Waals surface area contributed by atoms with Crippen LogP contribution in [-0.4, -0.2) is 27.5 Å². The summed E-state index contributed by atoms with van der Waals surface area (Å²) in [6.07, 6.45) is 0.537. The van der Waals surface area contributed by atoms with Gasteiger partial charge in [0.2, 0.25) is 0 Å². The number of carbonyl (C=O) groups excluding carboxylic acids is 1. The Morgan fingerprint density at radius 2 is 2.21 bits per heavy atom. The molecule has 5 heteroatoms. The number of hydrogen-bond acceptors (Lipinski definition) is 4. The third kappa shape index (κ3) is 2.55. The van der Waals surface area contributed by atoms with Gasteiger partial charge in [-0.05, 0) is 12.1 Å². The van der Waals surface area contributed by atoms with E-state index in [0.29, 0.717) is 6.29 Å². The molecule has 0 unspecified atom stereocenters. The van der Waals surface area contributed by atoms with Crippen molar-refractivity contribution >= 4 is 12.3 Å². The quantitative estimate of drug-likeness (QED) is 0.687. The first kappa shape index (κ1) is 10.2. The average molecular weight is 195 g/mol. The number of carboxylic acids is 1. The number of aromatic hydroxyl groups is 1. The molecule has 0 amide bonds. The minimum atomic E-state index is -0.970. The predicted molar refractivity (Wildman–Crippen MR) is 47.2 cm³/mol. The van der Waals surface area contributed by atoms with Crippen LogP contribution in [0.5, 0.6) is 5.75 Å². The van der Waals surface area contributed by atoms with Gasteiger partial charge in [0.1, 0.15) is 11.4 Å². The number of carbonyl (C=O) groups is 2. The van der Waals surface area contributed by atoms with Crippen molar-refractivity contribution in [1.29, 1.82) is 0 Å². The fraction of sp³-hybridized carbons (Fsp3) is 0.222. The zero-order valence-electron chi connectivity index (χ0n) is 7.30. The van der Waals surface area contributed by atoms with Gasteiger partial charge in [0, 0.05) is 6.42 Å². The highest BCUT2D eigenvalue weighted by Gasteiger charge is 2.06. The van der Waals surface area contributed by atoms with E-state index < -0.39 is 5.97 Å². The number of aromatic nitrogens is 1. The van der Waals surface area contributed by atoms with Crippen LogP contribution >= 0.6 is 0 Å². The first-order valence-electron chi connectivity index (χ1n) is 3.99. The summed E-state index contributed by atoms with van der Waals surface area (Å²) >= 11 is 0. The van der Waals surface area contributed by atoms with Crippen LogP contribution < -0.4 is 0 Å². The summed E-state index contributed by atoms with van der Waals surface area (Å²) in [5.74, 6) is -1.06. The number of rotatable bonds is 4. The number of carboxylic acid groups (broad SMARTS) is 1. The second-order valence-electron chi connectivity index (χ2n) is 2.71. The highest BCUT2D eigenvalue weighted by Crippen LogP contribution is 2.15. The monoisotopic (exact) mass is 195 g/mol. The van der Waals surface area contributed by atoms with Crippen molar-refractivity contribution in [2.24, 2.45) is 0 Å². The van der Waals surface area contributed by atoms with E-state index in [0.717, 1.165) is 0 Å². The molecule has 0 atom stereocenters. The van der Waals surface area contributed by atoms with E-state index >= 15 is 0 Å². The number of hydrogen-bond donors (Lipinski definition) is 2. The molecule has 0 fully saturated rings. The zero-order valence-corrected chi connectivity index (χ0v) is 7.30. The molecule has 0 aliphatic heterocycles. The number of nitrogens with zero attached hydrogens (tertiary/aromatic N) is 1. The molecule has 0 spiro atoms. The van der Waals surface area contributed by atoms with Crippen LogP contribution in [0.3, 0.4) is 0 Å². The summed E-state index contributed by atoms with van der Waals surface area (Å²) < 4.78 is 0. The third-order valence-electron chi connectivity index (χ3n) is 1.67. The van der Waals surface area contributed by atoms with Crippen molar-refractivity contribution < 1.29 is 19.8 Å². The molecule has 0 aliphatic rings. The molecule has 0 radical (unpaired) electrons. The summed E-state index contributed by atoms with van der Waals surface area (Å²) in [4.78, 5) is 24.4. The fourth-order valence-electron chi connectivity index (χ4n) is 0.986. The van der Waals surface area contributed by atoms with Crippen molar-refractivity contribution in [3.8, 4) is 5.75 Å². The molecule has 5 nitrogen and oxygen atoms in total. The maximum atomic E-state index is 10.3. The summed E-state index contributed by atoms with van der Waals surface area (Å²) in [6, 6.07) is 2.69. The minimum absolute atomic E-state index is 0.0862. The Morgan fingerprint density at radius 3 is 2.79 bits per heavy atom. The SMILES string of the molecule is O=Cc1ccc(O)c(CCC(=O)O)n1. The van der Waals surface area contributed by atoms with Crippen LogP contribution in [0.25, 0.3) is 0 Å². The van der Waals surface area contributed by atoms with Crippen LogP contribution in [-0.2, 0) is 11.2 Å². The van der Waals surface area contributed by atoms with Crippen LogP contribution in [0.4, 0.5) is 0 Å². The molecule has 14 heavy (non-hydrogen) atoms. The van der Waals surface area contributed by atoms with E-state index in [2.05, 4.69) is 4.98 Å². The Morgan fingerprint density at radius 1 is 1.50 bits per heavy atom. The van der Waals surface area contributed by atoms with E-state index in [4.69, 9.17) is 5.11 Å². The van der Waals surface area contributed by atoms with Crippen molar-refractivity contribution in [2.45, 2.75) is 12.8 Å². The van der Waals surface area contributed by atoms with E-state index in [9.17, 15) is 14.7 Å². The van der Waals surface area contributed by atoms with Crippen molar-refractivity contribution in [3.05, 3.63) is 23.5 Å². The van der Waals surface area contributed by atoms with Gasteiger partial charge in [-0.15, -0.1) is 0 Å². The molecular formula is C9H9NO4. The second-order valence-corrected chi connectivity index (χ2v) is 2.71. The Bertz CT molecular complexity index is 362. The first-order valence-corrected chi connectivity index (χ1v) is 3.99. The molecule has 2 N–H and O–H groups in total. The summed E-state index contributed by atoms with van der Waals surface area (Å²) in [5, 5.41) is 17.7. The normalized spacial score (nSPS) is 9.71. The lowest BCUT2D eigenvalue weighted by atomic mass is 10.2. The average Bonchev–Trinajstić information content (AvgIpc) is 2.16. The number of aldehydes is 1. The summed E-state index contributed by atoms with van der Waals surface area (Å²) in [5.41, 5.74) is 0.417. The van der Waals surface area contributed by atoms with Crippen LogP contribution in [0.15, 0.2) is 12.1 Å².